The molecule has 1 saturated heterocycles. The van der Waals surface area contributed by atoms with Crippen LogP contribution in [0.1, 0.15) is 51.9 Å². The normalized spacial score (nSPS) is 28.3. The summed E-state index contributed by atoms with van der Waals surface area (Å²) in [7, 11) is 1.74. The van der Waals surface area contributed by atoms with Crippen molar-refractivity contribution in [3.05, 3.63) is 0 Å². The molecule has 19 heavy (non-hydrogen) atoms. The van der Waals surface area contributed by atoms with Crippen LogP contribution in [0.5, 0.6) is 0 Å². The molecule has 2 aliphatic rings. The van der Waals surface area contributed by atoms with Crippen molar-refractivity contribution in [3.8, 4) is 0 Å². The van der Waals surface area contributed by atoms with Crippen LogP contribution in [-0.2, 0) is 9.53 Å². The number of nitrogens with one attached hydrogen (secondary N) is 2. The summed E-state index contributed by atoms with van der Waals surface area (Å²) < 4.78 is 5.16. The van der Waals surface area contributed by atoms with Gasteiger partial charge in [-0.05, 0) is 50.5 Å². The molecule has 110 valence electrons. The first-order chi connectivity index (χ1) is 9.16. The Labute approximate surface area is 116 Å². The predicted molar refractivity (Wildman–Crippen MR) is 76.0 cm³/mol. The monoisotopic (exact) mass is 268 g/mol. The maximum absolute atomic E-state index is 12.5. The Morgan fingerprint density at radius 2 is 2.11 bits per heavy atom. The number of hydrogen-bond donors (Lipinski definition) is 2. The van der Waals surface area contributed by atoms with Crippen LogP contribution in [0.25, 0.3) is 0 Å². The van der Waals surface area contributed by atoms with E-state index in [-0.39, 0.29) is 11.4 Å². The summed E-state index contributed by atoms with van der Waals surface area (Å²) in [6, 6.07) is 0. The van der Waals surface area contributed by atoms with Crippen molar-refractivity contribution in [1.29, 1.82) is 0 Å². The number of hydrogen-bond acceptors (Lipinski definition) is 3. The highest BCUT2D eigenvalue weighted by molar-refractivity contribution is 5.86. The van der Waals surface area contributed by atoms with Gasteiger partial charge in [0.25, 0.3) is 0 Å². The molecule has 2 rings (SSSR count). The maximum atomic E-state index is 12.5. The number of ether oxygens (including phenoxy) is 1. The fourth-order valence-electron chi connectivity index (χ4n) is 3.20. The lowest BCUT2D eigenvalue weighted by atomic mass is 9.90. The van der Waals surface area contributed by atoms with Crippen LogP contribution in [0.15, 0.2) is 0 Å². The number of methoxy groups -OCH3 is 1. The van der Waals surface area contributed by atoms with Crippen LogP contribution in [-0.4, -0.2) is 38.3 Å². The Morgan fingerprint density at radius 3 is 2.63 bits per heavy atom. The summed E-state index contributed by atoms with van der Waals surface area (Å²) in [5.74, 6) is 0.218. The molecule has 0 bridgehead atoms. The van der Waals surface area contributed by atoms with E-state index in [1.54, 1.807) is 7.11 Å². The van der Waals surface area contributed by atoms with Crippen LogP contribution >= 0.6 is 0 Å². The molecular formula is C15H28N2O2. The number of amides is 1. The van der Waals surface area contributed by atoms with Crippen molar-refractivity contribution in [2.75, 3.05) is 26.8 Å². The van der Waals surface area contributed by atoms with Gasteiger partial charge in [-0.25, -0.2) is 0 Å². The standard InChI is InChI=1S/C15H28N2O2/c1-3-5-15(6-4-10-17-15)13(18)16-12-14(7-8-14)9-11-19-2/h17H,3-12H2,1-2H3,(H,16,18). The van der Waals surface area contributed by atoms with Crippen LogP contribution < -0.4 is 10.6 Å². The molecule has 0 radical (unpaired) electrons. The van der Waals surface area contributed by atoms with E-state index >= 15 is 0 Å². The zero-order valence-corrected chi connectivity index (χ0v) is 12.4. The second-order valence-electron chi connectivity index (χ2n) is 6.29. The molecule has 4 nitrogen and oxygen atoms in total. The summed E-state index contributed by atoms with van der Waals surface area (Å²) in [5, 5.41) is 6.64. The maximum Gasteiger partial charge on any atom is 0.240 e. The minimum absolute atomic E-state index is 0.218. The van der Waals surface area contributed by atoms with E-state index < -0.39 is 0 Å². The average molecular weight is 268 g/mol. The first-order valence-electron chi connectivity index (χ1n) is 7.69. The third-order valence-corrected chi connectivity index (χ3v) is 4.77. The fourth-order valence-corrected chi connectivity index (χ4v) is 3.20. The molecule has 1 unspecified atom stereocenters. The van der Waals surface area contributed by atoms with E-state index in [4.69, 9.17) is 4.74 Å². The van der Waals surface area contributed by atoms with Gasteiger partial charge in [0.15, 0.2) is 0 Å². The second-order valence-corrected chi connectivity index (χ2v) is 6.29. The predicted octanol–water partition coefficient (Wildman–Crippen LogP) is 1.84. The second kappa shape index (κ2) is 6.23. The van der Waals surface area contributed by atoms with Gasteiger partial charge in [-0.15, -0.1) is 0 Å². The van der Waals surface area contributed by atoms with Crippen molar-refractivity contribution >= 4 is 5.91 Å². The van der Waals surface area contributed by atoms with Crippen molar-refractivity contribution in [2.45, 2.75) is 57.4 Å². The minimum Gasteiger partial charge on any atom is -0.385 e. The topological polar surface area (TPSA) is 50.4 Å². The number of carbonyl (C=O) groups excluding carboxylic acids is 1. The molecule has 0 aromatic heterocycles. The lowest BCUT2D eigenvalue weighted by Crippen LogP contribution is -2.54. The SMILES string of the molecule is CCCC1(C(=O)NCC2(CCOC)CC2)CCCN1. The first kappa shape index (κ1) is 14.8. The molecule has 0 aromatic carbocycles. The quantitative estimate of drug-likeness (QED) is 0.706. The Hall–Kier alpha value is -0.610. The van der Waals surface area contributed by atoms with E-state index in [2.05, 4.69) is 17.6 Å². The summed E-state index contributed by atoms with van der Waals surface area (Å²) in [6.07, 6.45) is 7.62. The fraction of sp³-hybridized carbons (Fsp3) is 0.933. The summed E-state index contributed by atoms with van der Waals surface area (Å²) >= 11 is 0. The molecule has 4 heteroatoms. The highest BCUT2D eigenvalue weighted by Crippen LogP contribution is 2.48. The molecule has 0 aromatic rings. The Balaban J connectivity index is 1.83. The van der Waals surface area contributed by atoms with E-state index in [9.17, 15) is 4.79 Å². The third-order valence-electron chi connectivity index (χ3n) is 4.77. The number of rotatable bonds is 8. The van der Waals surface area contributed by atoms with Crippen LogP contribution in [0.4, 0.5) is 0 Å². The van der Waals surface area contributed by atoms with Gasteiger partial charge >= 0.3 is 0 Å². The van der Waals surface area contributed by atoms with Crippen LogP contribution in [0.2, 0.25) is 0 Å². The third kappa shape index (κ3) is 3.48. The number of carbonyl (C=O) groups is 1. The Bertz CT molecular complexity index is 307. The molecule has 1 amide bonds. The van der Waals surface area contributed by atoms with E-state index in [1.807, 2.05) is 0 Å². The van der Waals surface area contributed by atoms with E-state index in [0.717, 1.165) is 51.8 Å². The summed E-state index contributed by atoms with van der Waals surface area (Å²) in [6.45, 7) is 4.74. The smallest absolute Gasteiger partial charge is 0.240 e. The Kier molecular flexibility index (Phi) is 4.85. The molecule has 1 aliphatic carbocycles. The van der Waals surface area contributed by atoms with Gasteiger partial charge in [0.05, 0.1) is 5.54 Å². The molecular weight excluding hydrogens is 240 g/mol. The van der Waals surface area contributed by atoms with Crippen molar-refractivity contribution in [1.82, 2.24) is 10.6 Å². The van der Waals surface area contributed by atoms with E-state index in [1.165, 1.54) is 12.8 Å². The van der Waals surface area contributed by atoms with Gasteiger partial charge in [0.2, 0.25) is 5.91 Å². The van der Waals surface area contributed by atoms with Crippen LogP contribution in [0.3, 0.4) is 0 Å². The van der Waals surface area contributed by atoms with Gasteiger partial charge in [0, 0.05) is 20.3 Å². The molecule has 1 atom stereocenters. The summed E-state index contributed by atoms with van der Waals surface area (Å²) in [4.78, 5) is 12.5. The lowest BCUT2D eigenvalue weighted by molar-refractivity contribution is -0.127. The zero-order valence-electron chi connectivity index (χ0n) is 12.4. The van der Waals surface area contributed by atoms with Crippen molar-refractivity contribution in [3.63, 3.8) is 0 Å². The molecule has 0 spiro atoms. The van der Waals surface area contributed by atoms with Crippen molar-refractivity contribution < 1.29 is 9.53 Å². The van der Waals surface area contributed by atoms with Crippen molar-refractivity contribution in [2.24, 2.45) is 5.41 Å². The van der Waals surface area contributed by atoms with Crippen LogP contribution in [0, 0.1) is 5.41 Å². The van der Waals surface area contributed by atoms with Gasteiger partial charge in [-0.1, -0.05) is 13.3 Å². The average Bonchev–Trinajstić information content (AvgIpc) is 3.03. The van der Waals surface area contributed by atoms with Gasteiger partial charge in [-0.3, -0.25) is 4.79 Å². The zero-order chi connectivity index (χ0) is 13.8. The molecule has 2 N–H and O–H groups in total. The highest BCUT2D eigenvalue weighted by atomic mass is 16.5. The molecule has 2 fully saturated rings. The Morgan fingerprint density at radius 1 is 1.32 bits per heavy atom. The lowest BCUT2D eigenvalue weighted by Gasteiger charge is -2.29. The first-order valence-corrected chi connectivity index (χ1v) is 7.69. The van der Waals surface area contributed by atoms with Gasteiger partial charge < -0.3 is 15.4 Å². The summed E-state index contributed by atoms with van der Waals surface area (Å²) in [5.41, 5.74) is 0.0454. The van der Waals surface area contributed by atoms with Gasteiger partial charge in [0.1, 0.15) is 0 Å². The molecule has 1 saturated carbocycles. The minimum atomic E-state index is -0.286. The largest absolute Gasteiger partial charge is 0.385 e. The van der Waals surface area contributed by atoms with Gasteiger partial charge in [-0.2, -0.15) is 0 Å². The van der Waals surface area contributed by atoms with E-state index in [0.29, 0.717) is 5.41 Å². The highest BCUT2D eigenvalue weighted by Gasteiger charge is 2.45. The molecule has 1 heterocycles. The molecule has 1 aliphatic heterocycles.